The maximum atomic E-state index is 13.5. The van der Waals surface area contributed by atoms with Gasteiger partial charge in [-0.2, -0.15) is 0 Å². The van der Waals surface area contributed by atoms with E-state index in [4.69, 9.17) is 9.47 Å². The fourth-order valence-electron chi connectivity index (χ4n) is 12.6. The Labute approximate surface area is 305 Å². The van der Waals surface area contributed by atoms with Gasteiger partial charge in [-0.1, -0.05) is 79.1 Å². The summed E-state index contributed by atoms with van der Waals surface area (Å²) in [6, 6.07) is -0.255. The van der Waals surface area contributed by atoms with Gasteiger partial charge in [0, 0.05) is 23.3 Å². The van der Waals surface area contributed by atoms with E-state index in [9.17, 15) is 14.7 Å². The molecule has 4 aliphatic carbocycles. The van der Waals surface area contributed by atoms with Crippen molar-refractivity contribution in [2.45, 2.75) is 132 Å². The van der Waals surface area contributed by atoms with Crippen LogP contribution in [-0.2, 0) is 19.1 Å². The van der Waals surface area contributed by atoms with Gasteiger partial charge in [-0.15, -0.1) is 0 Å². The third-order valence-electron chi connectivity index (χ3n) is 16.6. The van der Waals surface area contributed by atoms with Crippen molar-refractivity contribution in [1.82, 2.24) is 25.5 Å². The van der Waals surface area contributed by atoms with Crippen molar-refractivity contribution >= 4 is 17.8 Å². The number of nitrogens with one attached hydrogen (secondary N) is 2. The van der Waals surface area contributed by atoms with Gasteiger partial charge in [0.15, 0.2) is 0 Å². The Morgan fingerprint density at radius 1 is 1.10 bits per heavy atom. The van der Waals surface area contributed by atoms with E-state index in [1.807, 2.05) is 7.05 Å². The minimum Gasteiger partial charge on any atom is -0.481 e. The van der Waals surface area contributed by atoms with Crippen LogP contribution in [0, 0.1) is 62.6 Å². The summed E-state index contributed by atoms with van der Waals surface area (Å²) >= 11 is 0. The number of carboxylic acid groups (broad SMARTS) is 1. The zero-order chi connectivity index (χ0) is 37.5. The largest absolute Gasteiger partial charge is 0.481 e. The number of carboxylic acids is 1. The van der Waals surface area contributed by atoms with E-state index < -0.39 is 17.3 Å². The highest BCUT2D eigenvalue weighted by Crippen LogP contribution is 2.75. The van der Waals surface area contributed by atoms with E-state index in [-0.39, 0.29) is 57.1 Å². The van der Waals surface area contributed by atoms with Crippen molar-refractivity contribution in [3.8, 4) is 0 Å². The van der Waals surface area contributed by atoms with E-state index in [2.05, 4.69) is 101 Å². The van der Waals surface area contributed by atoms with E-state index in [0.717, 1.165) is 32.1 Å². The molecule has 11 nitrogen and oxygen atoms in total. The van der Waals surface area contributed by atoms with Crippen LogP contribution in [0.1, 0.15) is 121 Å². The zero-order valence-electron chi connectivity index (χ0n) is 33.4. The fraction of sp³-hybridized carbons (Fsp3) is 0.875. The second kappa shape index (κ2) is 12.9. The lowest BCUT2D eigenvalue weighted by Crippen LogP contribution is -2.69. The first-order chi connectivity index (χ1) is 23.8. The van der Waals surface area contributed by atoms with Crippen molar-refractivity contribution in [3.05, 3.63) is 11.6 Å². The van der Waals surface area contributed by atoms with E-state index in [0.29, 0.717) is 49.9 Å². The average Bonchev–Trinajstić information content (AvgIpc) is 3.50. The Morgan fingerprint density at radius 3 is 2.41 bits per heavy atom. The van der Waals surface area contributed by atoms with Crippen LogP contribution >= 0.6 is 0 Å². The first kappa shape index (κ1) is 38.4. The summed E-state index contributed by atoms with van der Waals surface area (Å²) in [5.74, 6) is 0.592. The number of nitrogens with zero attached hydrogens (tertiary/aromatic N) is 4. The van der Waals surface area contributed by atoms with Gasteiger partial charge in [0.05, 0.1) is 37.9 Å². The maximum absolute atomic E-state index is 13.5. The van der Waals surface area contributed by atoms with Crippen molar-refractivity contribution < 1.29 is 24.2 Å². The van der Waals surface area contributed by atoms with E-state index >= 15 is 0 Å². The molecule has 1 amide bonds. The van der Waals surface area contributed by atoms with Crippen LogP contribution in [0.25, 0.3) is 0 Å². The Morgan fingerprint density at radius 2 is 1.80 bits per heavy atom. The summed E-state index contributed by atoms with van der Waals surface area (Å²) < 4.78 is 15.7. The normalized spacial score (nSPS) is 42.2. The molecule has 0 spiro atoms. The standard InChI is InChI=1S/C40H66N6O5/c1-23(2)25(5)35(7)17-18-37(9)27-13-14-30-36(8)20-50-22-40(30,28(27)15-16-38(37,10)31(35)33(48)49)19-29(46-34(42-26(6)47)43-44-45-46)32(36)51-21-39(11,41-12)24(3)4/h15,23-25,27,29-32,41H,13-14,16-22H2,1-12H3,(H,48,49)(H,42,43,45,47)/t25-,27+,29-,30+,31-,32+,35-,36-,37-,38+,39+,40+/m1/s1. The number of carbonyl (C=O) groups excluding carboxylic acids is 1. The Hall–Kier alpha value is -2.37. The number of tetrazole rings is 1. The number of hydrogen-bond donors (Lipinski definition) is 3. The summed E-state index contributed by atoms with van der Waals surface area (Å²) in [4.78, 5) is 25.8. The number of carbonyl (C=O) groups is 2. The van der Waals surface area contributed by atoms with Crippen LogP contribution in [-0.4, -0.2) is 75.7 Å². The molecule has 1 saturated heterocycles. The zero-order valence-corrected chi connectivity index (χ0v) is 33.4. The molecule has 1 aromatic heterocycles. The molecule has 6 rings (SSSR count). The SMILES string of the molecule is CN[C@@](C)(CO[C@H]1[C@H](n2nnnc2NC(C)=O)C[C@@]23COC[C@]1(C)[C@@H]2CC[C@H]1C3=CC[C@@]2(C)[C@H](C(=O)O)[C@@](C)([C@H](C)C(C)C)CC[C@]12C)C(C)C. The lowest BCUT2D eigenvalue weighted by atomic mass is 9.34. The molecule has 0 unspecified atom stereocenters. The van der Waals surface area contributed by atoms with Crippen LogP contribution < -0.4 is 10.6 Å². The molecular weight excluding hydrogens is 644 g/mol. The van der Waals surface area contributed by atoms with Gasteiger partial charge in [-0.05, 0) is 109 Å². The average molecular weight is 711 g/mol. The highest BCUT2D eigenvalue weighted by Gasteiger charge is 2.72. The molecule has 12 atom stereocenters. The smallest absolute Gasteiger partial charge is 0.307 e. The molecule has 0 radical (unpaired) electrons. The molecule has 11 heteroatoms. The highest BCUT2D eigenvalue weighted by molar-refractivity contribution is 5.86. The topological polar surface area (TPSA) is 140 Å². The third-order valence-corrected chi connectivity index (χ3v) is 16.6. The summed E-state index contributed by atoms with van der Waals surface area (Å²) in [6.45, 7) is 25.9. The summed E-state index contributed by atoms with van der Waals surface area (Å²) in [5.41, 5.74) is -0.324. The van der Waals surface area contributed by atoms with E-state index in [1.165, 1.54) is 12.5 Å². The third kappa shape index (κ3) is 5.47. The second-order valence-corrected chi connectivity index (χ2v) is 19.3. The lowest BCUT2D eigenvalue weighted by Gasteiger charge is -2.71. The number of anilines is 1. The minimum atomic E-state index is -0.646. The predicted molar refractivity (Wildman–Crippen MR) is 197 cm³/mol. The maximum Gasteiger partial charge on any atom is 0.307 e. The number of allylic oxidation sites excluding steroid dienone is 1. The Bertz CT molecular complexity index is 1540. The Kier molecular flexibility index (Phi) is 9.70. The van der Waals surface area contributed by atoms with Crippen LogP contribution in [0.4, 0.5) is 5.95 Å². The van der Waals surface area contributed by atoms with Gasteiger partial charge in [0.2, 0.25) is 11.9 Å². The number of fused-ring (bicyclic) bond motifs is 3. The number of amides is 1. The lowest BCUT2D eigenvalue weighted by molar-refractivity contribution is -0.253. The van der Waals surface area contributed by atoms with Gasteiger partial charge in [0.25, 0.3) is 0 Å². The molecule has 3 saturated carbocycles. The van der Waals surface area contributed by atoms with Crippen molar-refractivity contribution in [2.75, 3.05) is 32.2 Å². The van der Waals surface area contributed by atoms with Crippen LogP contribution in [0.15, 0.2) is 11.6 Å². The number of likely N-dealkylation sites (N-methyl/N-ethyl adjacent to an activating group) is 1. The van der Waals surface area contributed by atoms with Crippen molar-refractivity contribution in [2.24, 2.45) is 62.6 Å². The highest BCUT2D eigenvalue weighted by atomic mass is 16.5. The molecule has 2 heterocycles. The van der Waals surface area contributed by atoms with Crippen molar-refractivity contribution in [1.29, 1.82) is 0 Å². The molecule has 286 valence electrons. The predicted octanol–water partition coefficient (Wildman–Crippen LogP) is 6.78. The summed E-state index contributed by atoms with van der Waals surface area (Å²) in [5, 5.41) is 30.3. The quantitative estimate of drug-likeness (QED) is 0.224. The number of rotatable bonds is 10. The molecule has 1 aromatic rings. The number of ether oxygens (including phenoxy) is 2. The summed E-state index contributed by atoms with van der Waals surface area (Å²) in [7, 11) is 1.99. The Balaban J connectivity index is 1.47. The number of aliphatic carboxylic acids is 1. The fourth-order valence-corrected chi connectivity index (χ4v) is 12.6. The van der Waals surface area contributed by atoms with Crippen LogP contribution in [0.2, 0.25) is 0 Å². The molecule has 5 aliphatic rings. The molecule has 51 heavy (non-hydrogen) atoms. The van der Waals surface area contributed by atoms with E-state index in [1.54, 1.807) is 4.68 Å². The molecule has 4 fully saturated rings. The molecule has 0 aromatic carbocycles. The van der Waals surface area contributed by atoms with Gasteiger partial charge in [0.1, 0.15) is 0 Å². The first-order valence-electron chi connectivity index (χ1n) is 19.6. The van der Waals surface area contributed by atoms with Crippen LogP contribution in [0.5, 0.6) is 0 Å². The summed E-state index contributed by atoms with van der Waals surface area (Å²) in [6.07, 6.45) is 7.62. The molecule has 1 aliphatic heterocycles. The molecule has 2 bridgehead atoms. The van der Waals surface area contributed by atoms with Crippen LogP contribution in [0.3, 0.4) is 0 Å². The molecule has 3 N–H and O–H groups in total. The molecular formula is C40H66N6O5. The van der Waals surface area contributed by atoms with Gasteiger partial charge in [-0.3, -0.25) is 14.9 Å². The number of hydrogen-bond acceptors (Lipinski definition) is 8. The first-order valence-corrected chi connectivity index (χ1v) is 19.6. The monoisotopic (exact) mass is 711 g/mol. The minimum absolute atomic E-state index is 0.186. The van der Waals surface area contributed by atoms with Gasteiger partial charge >= 0.3 is 5.97 Å². The van der Waals surface area contributed by atoms with Crippen molar-refractivity contribution in [3.63, 3.8) is 0 Å². The second-order valence-electron chi connectivity index (χ2n) is 19.3. The van der Waals surface area contributed by atoms with Gasteiger partial charge in [-0.25, -0.2) is 4.68 Å². The number of aromatic nitrogens is 4. The van der Waals surface area contributed by atoms with Gasteiger partial charge < -0.3 is 19.9 Å².